The topological polar surface area (TPSA) is 137 Å². The number of ether oxygens (including phenoxy) is 1. The number of aromatic nitrogens is 4. The fraction of sp³-hybridized carbons (Fsp3) is 0.100. The van der Waals surface area contributed by atoms with Gasteiger partial charge in [-0.05, 0) is 6.07 Å². The second-order valence-corrected chi connectivity index (χ2v) is 3.40. The molecule has 0 fully saturated rings. The van der Waals surface area contributed by atoms with Gasteiger partial charge in [0.05, 0.1) is 12.0 Å². The van der Waals surface area contributed by atoms with Crippen LogP contribution in [0.1, 0.15) is 16.2 Å². The van der Waals surface area contributed by atoms with Gasteiger partial charge in [-0.25, -0.2) is 14.8 Å². The smallest absolute Gasteiger partial charge is 0.377 e. The number of rotatable bonds is 3. The van der Waals surface area contributed by atoms with Gasteiger partial charge in [0, 0.05) is 6.20 Å². The summed E-state index contributed by atoms with van der Waals surface area (Å²) in [6, 6.07) is 2.90. The zero-order chi connectivity index (χ0) is 14.7. The summed E-state index contributed by atoms with van der Waals surface area (Å²) in [6.07, 6.45) is 2.29. The van der Waals surface area contributed by atoms with Crippen molar-refractivity contribution in [1.82, 2.24) is 19.7 Å². The molecule has 0 spiro atoms. The highest BCUT2D eigenvalue weighted by molar-refractivity contribution is 5.84. The summed E-state index contributed by atoms with van der Waals surface area (Å²) in [7, 11) is 1.15. The van der Waals surface area contributed by atoms with Crippen molar-refractivity contribution in [3.63, 3.8) is 0 Å². The van der Waals surface area contributed by atoms with Crippen molar-refractivity contribution in [3.8, 4) is 11.9 Å². The molecular weight excluding hydrogens is 268 g/mol. The highest BCUT2D eigenvalue weighted by Gasteiger charge is 2.24. The Kier molecular flexibility index (Phi) is 3.34. The summed E-state index contributed by atoms with van der Waals surface area (Å²) in [6.45, 7) is 0. The van der Waals surface area contributed by atoms with Crippen molar-refractivity contribution in [3.05, 3.63) is 40.1 Å². The quantitative estimate of drug-likeness (QED) is 0.440. The molecule has 10 nitrogen and oxygen atoms in total. The van der Waals surface area contributed by atoms with Gasteiger partial charge in [0.1, 0.15) is 18.0 Å². The summed E-state index contributed by atoms with van der Waals surface area (Å²) in [4.78, 5) is 29.0. The van der Waals surface area contributed by atoms with Crippen LogP contribution in [0.25, 0.3) is 5.82 Å². The Morgan fingerprint density at radius 2 is 2.30 bits per heavy atom. The van der Waals surface area contributed by atoms with Crippen molar-refractivity contribution in [1.29, 1.82) is 5.26 Å². The van der Waals surface area contributed by atoms with Crippen molar-refractivity contribution in [2.45, 2.75) is 0 Å². The van der Waals surface area contributed by atoms with Crippen LogP contribution in [0.15, 0.2) is 18.6 Å². The monoisotopic (exact) mass is 274 g/mol. The molecule has 0 amide bonds. The van der Waals surface area contributed by atoms with Crippen LogP contribution >= 0.6 is 0 Å². The normalized spacial score (nSPS) is 9.80. The van der Waals surface area contributed by atoms with Crippen molar-refractivity contribution < 1.29 is 14.5 Å². The minimum Gasteiger partial charge on any atom is -0.463 e. The lowest BCUT2D eigenvalue weighted by molar-refractivity contribution is -0.385. The number of hydrogen-bond acceptors (Lipinski definition) is 8. The van der Waals surface area contributed by atoms with E-state index in [1.54, 1.807) is 6.07 Å². The summed E-state index contributed by atoms with van der Waals surface area (Å²) in [5.41, 5.74) is -0.688. The molecule has 0 aliphatic heterocycles. The summed E-state index contributed by atoms with van der Waals surface area (Å²) in [5, 5.41) is 23.6. The van der Waals surface area contributed by atoms with Crippen LogP contribution in [0.4, 0.5) is 5.69 Å². The molecule has 0 aliphatic carbocycles. The zero-order valence-corrected chi connectivity index (χ0v) is 10.0. The molecule has 0 unspecified atom stereocenters. The van der Waals surface area contributed by atoms with E-state index < -0.39 is 16.6 Å². The molecule has 100 valence electrons. The Labute approximate surface area is 111 Å². The number of hydrogen-bond donors (Lipinski definition) is 0. The van der Waals surface area contributed by atoms with Gasteiger partial charge in [0.25, 0.3) is 5.82 Å². The molecule has 0 N–H and O–H groups in total. The van der Waals surface area contributed by atoms with Crippen molar-refractivity contribution in [2.75, 3.05) is 7.11 Å². The van der Waals surface area contributed by atoms with E-state index in [2.05, 4.69) is 19.8 Å². The third-order valence-corrected chi connectivity index (χ3v) is 2.28. The van der Waals surface area contributed by atoms with Gasteiger partial charge in [-0.3, -0.25) is 10.1 Å². The summed E-state index contributed by atoms with van der Waals surface area (Å²) < 4.78 is 5.36. The molecule has 0 atom stereocenters. The maximum absolute atomic E-state index is 11.2. The number of methoxy groups -OCH3 is 1. The van der Waals surface area contributed by atoms with Crippen LogP contribution in [0.2, 0.25) is 0 Å². The van der Waals surface area contributed by atoms with Crippen LogP contribution in [-0.2, 0) is 4.74 Å². The molecule has 2 aromatic rings. The van der Waals surface area contributed by atoms with Crippen LogP contribution < -0.4 is 0 Å². The van der Waals surface area contributed by atoms with E-state index in [-0.39, 0.29) is 17.2 Å². The molecule has 2 aromatic heterocycles. The van der Waals surface area contributed by atoms with E-state index in [0.717, 1.165) is 18.1 Å². The third-order valence-electron chi connectivity index (χ3n) is 2.28. The van der Waals surface area contributed by atoms with E-state index >= 15 is 0 Å². The van der Waals surface area contributed by atoms with Crippen molar-refractivity contribution in [2.24, 2.45) is 0 Å². The number of esters is 1. The predicted molar refractivity (Wildman–Crippen MR) is 61.9 cm³/mol. The lowest BCUT2D eigenvalue weighted by Gasteiger charge is -2.01. The van der Waals surface area contributed by atoms with Gasteiger partial charge in [0.2, 0.25) is 5.82 Å². The fourth-order valence-electron chi connectivity index (χ4n) is 1.43. The number of carbonyl (C=O) groups excluding carboxylic acids is 1. The Balaban J connectivity index is 2.59. The molecule has 0 aromatic carbocycles. The number of nitrogens with zero attached hydrogens (tertiary/aromatic N) is 6. The highest BCUT2D eigenvalue weighted by atomic mass is 16.6. The standard InChI is InChI=1S/C10H6N6O4/c1-20-10(17)8-13-5-15(14-8)9-7(16(18)19)6(4-11)2-3-12-9/h2-3,5H,1H3. The molecule has 2 heterocycles. The third kappa shape index (κ3) is 2.15. The minimum absolute atomic E-state index is 0.171. The Bertz CT molecular complexity index is 732. The summed E-state index contributed by atoms with van der Waals surface area (Å²) >= 11 is 0. The van der Waals surface area contributed by atoms with Gasteiger partial charge in [0.15, 0.2) is 0 Å². The lowest BCUT2D eigenvalue weighted by Crippen LogP contribution is -2.08. The van der Waals surface area contributed by atoms with Gasteiger partial charge >= 0.3 is 11.7 Å². The lowest BCUT2D eigenvalue weighted by atomic mass is 10.2. The first-order chi connectivity index (χ1) is 9.58. The second-order valence-electron chi connectivity index (χ2n) is 3.40. The van der Waals surface area contributed by atoms with Gasteiger partial charge in [-0.15, -0.1) is 5.10 Å². The molecule has 0 bridgehead atoms. The number of nitriles is 1. The first kappa shape index (κ1) is 13.1. The molecule has 0 saturated carbocycles. The van der Waals surface area contributed by atoms with Gasteiger partial charge < -0.3 is 4.74 Å². The van der Waals surface area contributed by atoms with Crippen molar-refractivity contribution >= 4 is 11.7 Å². The van der Waals surface area contributed by atoms with Crippen LogP contribution in [0.3, 0.4) is 0 Å². The van der Waals surface area contributed by atoms with Gasteiger partial charge in [-0.2, -0.15) is 9.94 Å². The number of nitro groups is 1. The molecule has 2 rings (SSSR count). The molecule has 10 heteroatoms. The van der Waals surface area contributed by atoms with E-state index in [4.69, 9.17) is 5.26 Å². The first-order valence-corrected chi connectivity index (χ1v) is 5.12. The number of carbonyl (C=O) groups is 1. The molecular formula is C10H6N6O4. The first-order valence-electron chi connectivity index (χ1n) is 5.12. The van der Waals surface area contributed by atoms with E-state index in [9.17, 15) is 14.9 Å². The maximum Gasteiger partial charge on any atom is 0.377 e. The maximum atomic E-state index is 11.2. The molecule has 20 heavy (non-hydrogen) atoms. The van der Waals surface area contributed by atoms with E-state index in [1.165, 1.54) is 12.3 Å². The fourth-order valence-corrected chi connectivity index (χ4v) is 1.43. The number of pyridine rings is 1. The van der Waals surface area contributed by atoms with Crippen LogP contribution in [0.5, 0.6) is 0 Å². The highest BCUT2D eigenvalue weighted by Crippen LogP contribution is 2.23. The Morgan fingerprint density at radius 1 is 1.55 bits per heavy atom. The SMILES string of the molecule is COC(=O)c1ncn(-c2nccc(C#N)c2[N+](=O)[O-])n1. The second kappa shape index (κ2) is 5.11. The molecule has 0 radical (unpaired) electrons. The van der Waals surface area contributed by atoms with Crippen LogP contribution in [0, 0.1) is 21.4 Å². The average Bonchev–Trinajstić information content (AvgIpc) is 2.95. The Hall–Kier alpha value is -3.35. The molecule has 0 aliphatic rings. The Morgan fingerprint density at radius 3 is 2.90 bits per heavy atom. The predicted octanol–water partition coefficient (Wildman–Crippen LogP) is 0.229. The zero-order valence-electron chi connectivity index (χ0n) is 10.0. The molecule has 0 saturated heterocycles. The van der Waals surface area contributed by atoms with Gasteiger partial charge in [-0.1, -0.05) is 0 Å². The summed E-state index contributed by atoms with van der Waals surface area (Å²) in [5.74, 6) is -1.27. The van der Waals surface area contributed by atoms with E-state index in [0.29, 0.717) is 0 Å². The minimum atomic E-state index is -0.789. The van der Waals surface area contributed by atoms with Crippen LogP contribution in [-0.4, -0.2) is 37.8 Å². The van der Waals surface area contributed by atoms with E-state index in [1.807, 2.05) is 0 Å². The largest absolute Gasteiger partial charge is 0.463 e. The average molecular weight is 274 g/mol.